The van der Waals surface area contributed by atoms with E-state index in [1.54, 1.807) is 0 Å². The van der Waals surface area contributed by atoms with Crippen LogP contribution in [-0.2, 0) is 9.53 Å². The number of ether oxygens (including phenoxy) is 1. The van der Waals surface area contributed by atoms with Crippen molar-refractivity contribution in [1.29, 1.82) is 0 Å². The maximum atomic E-state index is 11.9. The average molecular weight is 271 g/mol. The van der Waals surface area contributed by atoms with Crippen molar-refractivity contribution in [3.63, 3.8) is 0 Å². The van der Waals surface area contributed by atoms with E-state index >= 15 is 0 Å². The van der Waals surface area contributed by atoms with E-state index in [0.29, 0.717) is 6.54 Å². The molecule has 1 unspecified atom stereocenters. The van der Waals surface area contributed by atoms with Crippen LogP contribution in [0.4, 0.5) is 0 Å². The molecule has 5 heteroatoms. The van der Waals surface area contributed by atoms with Crippen molar-refractivity contribution in [2.75, 3.05) is 53.4 Å². The van der Waals surface area contributed by atoms with E-state index in [4.69, 9.17) is 4.74 Å². The molecule has 0 aromatic rings. The lowest BCUT2D eigenvalue weighted by Gasteiger charge is -2.32. The summed E-state index contributed by atoms with van der Waals surface area (Å²) in [7, 11) is 3.51. The van der Waals surface area contributed by atoms with Crippen LogP contribution >= 0.6 is 0 Å². The lowest BCUT2D eigenvalue weighted by molar-refractivity contribution is -0.148. The highest BCUT2D eigenvalue weighted by atomic mass is 16.5. The smallest absolute Gasteiger partial charge is 0.327 e. The number of methoxy groups -OCH3 is 1. The fraction of sp³-hybridized carbons (Fsp3) is 0.929. The molecule has 112 valence electrons. The zero-order chi connectivity index (χ0) is 14.3. The molecule has 1 heterocycles. The Labute approximate surface area is 117 Å². The van der Waals surface area contributed by atoms with Crippen LogP contribution in [0.1, 0.15) is 26.7 Å². The summed E-state index contributed by atoms with van der Waals surface area (Å²) in [5, 5.41) is 3.24. The molecule has 1 saturated heterocycles. The maximum absolute atomic E-state index is 11.9. The molecule has 5 nitrogen and oxygen atoms in total. The summed E-state index contributed by atoms with van der Waals surface area (Å²) < 4.78 is 4.91. The van der Waals surface area contributed by atoms with E-state index in [9.17, 15) is 4.79 Å². The van der Waals surface area contributed by atoms with Crippen LogP contribution in [-0.4, -0.2) is 74.7 Å². The van der Waals surface area contributed by atoms with Gasteiger partial charge in [-0.1, -0.05) is 6.92 Å². The molecule has 0 radical (unpaired) electrons. The van der Waals surface area contributed by atoms with E-state index in [1.807, 2.05) is 13.8 Å². The monoisotopic (exact) mass is 271 g/mol. The second-order valence-electron chi connectivity index (χ2n) is 5.64. The fourth-order valence-electron chi connectivity index (χ4n) is 2.75. The van der Waals surface area contributed by atoms with Gasteiger partial charge in [0.1, 0.15) is 5.54 Å². The standard InChI is InChI=1S/C14H29N3O2/c1-5-15-14(2,13(18)19-4)12-16(3)10-11-17-8-6-7-9-17/h15H,5-12H2,1-4H3. The van der Waals surface area contributed by atoms with Gasteiger partial charge in [-0.3, -0.25) is 4.79 Å². The van der Waals surface area contributed by atoms with Gasteiger partial charge in [0.05, 0.1) is 7.11 Å². The summed E-state index contributed by atoms with van der Waals surface area (Å²) >= 11 is 0. The largest absolute Gasteiger partial charge is 0.468 e. The first-order valence-electron chi connectivity index (χ1n) is 7.26. The molecule has 19 heavy (non-hydrogen) atoms. The van der Waals surface area contributed by atoms with Gasteiger partial charge in [0.15, 0.2) is 0 Å². The third kappa shape index (κ3) is 5.09. The van der Waals surface area contributed by atoms with Gasteiger partial charge < -0.3 is 19.9 Å². The zero-order valence-electron chi connectivity index (χ0n) is 12.9. The molecule has 0 bridgehead atoms. The predicted octanol–water partition coefficient (Wildman–Crippen LogP) is 0.555. The topological polar surface area (TPSA) is 44.8 Å². The quantitative estimate of drug-likeness (QED) is 0.653. The molecule has 0 aliphatic carbocycles. The minimum absolute atomic E-state index is 0.192. The van der Waals surface area contributed by atoms with E-state index in [0.717, 1.165) is 19.6 Å². The van der Waals surface area contributed by atoms with Gasteiger partial charge in [-0.05, 0) is 46.4 Å². The number of rotatable bonds is 8. The Morgan fingerprint density at radius 1 is 1.42 bits per heavy atom. The first-order chi connectivity index (χ1) is 9.01. The van der Waals surface area contributed by atoms with Crippen LogP contribution in [0.3, 0.4) is 0 Å². The third-order valence-electron chi connectivity index (χ3n) is 3.79. The Bertz CT molecular complexity index is 280. The van der Waals surface area contributed by atoms with Gasteiger partial charge in [0.2, 0.25) is 0 Å². The van der Waals surface area contributed by atoms with Gasteiger partial charge in [0.25, 0.3) is 0 Å². The maximum Gasteiger partial charge on any atom is 0.327 e. The van der Waals surface area contributed by atoms with Gasteiger partial charge >= 0.3 is 5.97 Å². The van der Waals surface area contributed by atoms with Crippen molar-refractivity contribution in [3.8, 4) is 0 Å². The molecule has 0 spiro atoms. The van der Waals surface area contributed by atoms with Crippen molar-refractivity contribution in [2.24, 2.45) is 0 Å². The number of nitrogens with one attached hydrogen (secondary N) is 1. The number of hydrogen-bond donors (Lipinski definition) is 1. The number of hydrogen-bond acceptors (Lipinski definition) is 5. The summed E-state index contributed by atoms with van der Waals surface area (Å²) in [5.41, 5.74) is -0.622. The van der Waals surface area contributed by atoms with Gasteiger partial charge in [-0.25, -0.2) is 0 Å². The number of carbonyl (C=O) groups excluding carboxylic acids is 1. The van der Waals surface area contributed by atoms with E-state index in [1.165, 1.54) is 33.0 Å². The molecular formula is C14H29N3O2. The highest BCUT2D eigenvalue weighted by Crippen LogP contribution is 2.10. The molecule has 1 rings (SSSR count). The average Bonchev–Trinajstić information content (AvgIpc) is 2.88. The molecule has 1 fully saturated rings. The first kappa shape index (κ1) is 16.4. The molecule has 0 saturated carbocycles. The van der Waals surface area contributed by atoms with Crippen LogP contribution in [0.2, 0.25) is 0 Å². The Morgan fingerprint density at radius 2 is 2.05 bits per heavy atom. The number of esters is 1. The summed E-state index contributed by atoms with van der Waals surface area (Å²) in [6.07, 6.45) is 2.64. The number of likely N-dealkylation sites (N-methyl/N-ethyl adjacent to an activating group) is 2. The van der Waals surface area contributed by atoms with E-state index in [2.05, 4.69) is 22.2 Å². The highest BCUT2D eigenvalue weighted by molar-refractivity contribution is 5.80. The number of likely N-dealkylation sites (tertiary alicyclic amines) is 1. The molecule has 0 aromatic carbocycles. The molecule has 0 amide bonds. The second kappa shape index (κ2) is 7.82. The van der Waals surface area contributed by atoms with E-state index < -0.39 is 5.54 Å². The van der Waals surface area contributed by atoms with Gasteiger partial charge in [-0.15, -0.1) is 0 Å². The number of carbonyl (C=O) groups is 1. The SMILES string of the molecule is CCNC(C)(CN(C)CCN1CCCC1)C(=O)OC. The summed E-state index contributed by atoms with van der Waals surface area (Å²) in [4.78, 5) is 16.6. The minimum Gasteiger partial charge on any atom is -0.468 e. The summed E-state index contributed by atoms with van der Waals surface area (Å²) in [6.45, 7) is 9.84. The van der Waals surface area contributed by atoms with Crippen molar-refractivity contribution in [3.05, 3.63) is 0 Å². The Hall–Kier alpha value is -0.650. The fourth-order valence-corrected chi connectivity index (χ4v) is 2.75. The molecular weight excluding hydrogens is 242 g/mol. The highest BCUT2D eigenvalue weighted by Gasteiger charge is 2.34. The van der Waals surface area contributed by atoms with Crippen LogP contribution in [0, 0.1) is 0 Å². The van der Waals surface area contributed by atoms with Crippen molar-refractivity contribution in [1.82, 2.24) is 15.1 Å². The van der Waals surface area contributed by atoms with Crippen molar-refractivity contribution in [2.45, 2.75) is 32.2 Å². The zero-order valence-corrected chi connectivity index (χ0v) is 12.9. The molecule has 1 atom stereocenters. The van der Waals surface area contributed by atoms with Crippen LogP contribution in [0.15, 0.2) is 0 Å². The van der Waals surface area contributed by atoms with Gasteiger partial charge in [0, 0.05) is 19.6 Å². The van der Waals surface area contributed by atoms with Crippen LogP contribution < -0.4 is 5.32 Å². The van der Waals surface area contributed by atoms with Gasteiger partial charge in [-0.2, -0.15) is 0 Å². The minimum atomic E-state index is -0.622. The van der Waals surface area contributed by atoms with Crippen molar-refractivity contribution < 1.29 is 9.53 Å². The third-order valence-corrected chi connectivity index (χ3v) is 3.79. The molecule has 1 N–H and O–H groups in total. The van der Waals surface area contributed by atoms with Crippen LogP contribution in [0.5, 0.6) is 0 Å². The lowest BCUT2D eigenvalue weighted by atomic mass is 10.0. The molecule has 1 aliphatic heterocycles. The van der Waals surface area contributed by atoms with E-state index in [-0.39, 0.29) is 5.97 Å². The molecule has 1 aliphatic rings. The van der Waals surface area contributed by atoms with Crippen LogP contribution in [0.25, 0.3) is 0 Å². The lowest BCUT2D eigenvalue weighted by Crippen LogP contribution is -2.57. The first-order valence-corrected chi connectivity index (χ1v) is 7.26. The predicted molar refractivity (Wildman–Crippen MR) is 77.3 cm³/mol. The normalized spacial score (nSPS) is 19.6. The number of nitrogens with zero attached hydrogens (tertiary/aromatic N) is 2. The molecule has 0 aromatic heterocycles. The summed E-state index contributed by atoms with van der Waals surface area (Å²) in [6, 6.07) is 0. The second-order valence-corrected chi connectivity index (χ2v) is 5.64. The summed E-state index contributed by atoms with van der Waals surface area (Å²) in [5.74, 6) is -0.192. The Kier molecular flexibility index (Phi) is 6.75. The Balaban J connectivity index is 2.41. The Morgan fingerprint density at radius 3 is 2.58 bits per heavy atom. The van der Waals surface area contributed by atoms with Crippen molar-refractivity contribution >= 4 is 5.97 Å².